The lowest BCUT2D eigenvalue weighted by Gasteiger charge is -2.02. The van der Waals surface area contributed by atoms with Crippen LogP contribution in [0.4, 0.5) is 0 Å². The van der Waals surface area contributed by atoms with Crippen molar-refractivity contribution in [3.63, 3.8) is 0 Å². The number of carboxylic acid groups (broad SMARTS) is 1. The fourth-order valence-electron chi connectivity index (χ4n) is 1.85. The second-order valence-corrected chi connectivity index (χ2v) is 3.75. The summed E-state index contributed by atoms with van der Waals surface area (Å²) in [6, 6.07) is 6.91. The van der Waals surface area contributed by atoms with E-state index in [9.17, 15) is 9.59 Å². The van der Waals surface area contributed by atoms with Crippen LogP contribution in [0.2, 0.25) is 0 Å². The van der Waals surface area contributed by atoms with E-state index in [1.807, 2.05) is 0 Å². The Bertz CT molecular complexity index is 839. The number of aromatic nitrogens is 3. The average Bonchev–Trinajstić information content (AvgIpc) is 2.37. The van der Waals surface area contributed by atoms with E-state index in [1.165, 1.54) is 0 Å². The first kappa shape index (κ1) is 10.4. The van der Waals surface area contributed by atoms with E-state index >= 15 is 0 Å². The molecule has 88 valence electrons. The summed E-state index contributed by atoms with van der Waals surface area (Å²) in [5.41, 5.74) is 0.390. The summed E-state index contributed by atoms with van der Waals surface area (Å²) in [5, 5.41) is 9.60. The molecule has 0 aliphatic heterocycles. The molecule has 3 aromatic rings. The second kappa shape index (κ2) is 3.63. The van der Waals surface area contributed by atoms with Crippen molar-refractivity contribution < 1.29 is 9.90 Å². The van der Waals surface area contributed by atoms with Gasteiger partial charge in [-0.25, -0.2) is 9.78 Å². The Morgan fingerprint density at radius 1 is 1.28 bits per heavy atom. The van der Waals surface area contributed by atoms with E-state index in [2.05, 4.69) is 15.0 Å². The molecule has 0 atom stereocenters. The molecule has 0 radical (unpaired) electrons. The first-order chi connectivity index (χ1) is 8.66. The van der Waals surface area contributed by atoms with Crippen LogP contribution >= 0.6 is 0 Å². The van der Waals surface area contributed by atoms with Gasteiger partial charge in [-0.1, -0.05) is 0 Å². The molecule has 6 heteroatoms. The fourth-order valence-corrected chi connectivity index (χ4v) is 1.85. The number of rotatable bonds is 1. The monoisotopic (exact) mass is 241 g/mol. The van der Waals surface area contributed by atoms with Crippen LogP contribution < -0.4 is 5.56 Å². The number of aromatic carboxylic acids is 1. The second-order valence-electron chi connectivity index (χ2n) is 3.75. The average molecular weight is 241 g/mol. The van der Waals surface area contributed by atoms with Crippen molar-refractivity contribution in [2.45, 2.75) is 0 Å². The Kier molecular flexibility index (Phi) is 2.09. The predicted molar refractivity (Wildman–Crippen MR) is 64.6 cm³/mol. The fraction of sp³-hybridized carbons (Fsp3) is 0. The topological polar surface area (TPSA) is 95.9 Å². The van der Waals surface area contributed by atoms with Crippen molar-refractivity contribution in [2.75, 3.05) is 0 Å². The molecule has 0 saturated carbocycles. The molecule has 3 rings (SSSR count). The summed E-state index contributed by atoms with van der Waals surface area (Å²) < 4.78 is 0. The molecular formula is C12H7N3O3. The highest BCUT2D eigenvalue weighted by atomic mass is 16.4. The number of H-pyrrole nitrogens is 1. The number of nitrogens with one attached hydrogen (secondary N) is 1. The lowest BCUT2D eigenvalue weighted by Crippen LogP contribution is -2.19. The van der Waals surface area contributed by atoms with Crippen molar-refractivity contribution >= 4 is 27.9 Å². The maximum atomic E-state index is 11.5. The molecule has 0 amide bonds. The van der Waals surface area contributed by atoms with Crippen molar-refractivity contribution in [2.24, 2.45) is 0 Å². The van der Waals surface area contributed by atoms with Gasteiger partial charge in [-0.05, 0) is 24.3 Å². The quantitative estimate of drug-likeness (QED) is 0.623. The Morgan fingerprint density at radius 2 is 2.11 bits per heavy atom. The third-order valence-corrected chi connectivity index (χ3v) is 2.65. The molecule has 0 saturated heterocycles. The minimum atomic E-state index is -1.35. The third kappa shape index (κ3) is 1.43. The number of hydrogen-bond acceptors (Lipinski definition) is 4. The van der Waals surface area contributed by atoms with Gasteiger partial charge in [-0.15, -0.1) is 0 Å². The van der Waals surface area contributed by atoms with Crippen molar-refractivity contribution in [1.29, 1.82) is 0 Å². The van der Waals surface area contributed by atoms with Gasteiger partial charge in [-0.2, -0.15) is 0 Å². The number of hydrogen-bond donors (Lipinski definition) is 2. The summed E-state index contributed by atoms with van der Waals surface area (Å²) in [5.74, 6) is -1.35. The molecular weight excluding hydrogens is 234 g/mol. The van der Waals surface area contributed by atoms with Gasteiger partial charge in [0.1, 0.15) is 0 Å². The molecule has 6 nitrogen and oxygen atoms in total. The number of pyridine rings is 1. The Labute approximate surface area is 99.9 Å². The number of nitrogens with zero attached hydrogens (tertiary/aromatic N) is 2. The van der Waals surface area contributed by atoms with Gasteiger partial charge in [0.25, 0.3) is 5.56 Å². The Balaban J connectivity index is 2.53. The van der Waals surface area contributed by atoms with Crippen molar-refractivity contribution in [3.8, 4) is 0 Å². The highest BCUT2D eigenvalue weighted by Gasteiger charge is 2.13. The maximum absolute atomic E-state index is 11.5. The molecule has 18 heavy (non-hydrogen) atoms. The van der Waals surface area contributed by atoms with Crippen molar-refractivity contribution in [1.82, 2.24) is 15.0 Å². The Morgan fingerprint density at radius 3 is 2.89 bits per heavy atom. The SMILES string of the molecule is O=C(O)c1nc2c(ccc3ncccc32)[nH]c1=O. The van der Waals surface area contributed by atoms with Crippen molar-refractivity contribution in [3.05, 3.63) is 46.5 Å². The van der Waals surface area contributed by atoms with Crippen LogP contribution in [0, 0.1) is 0 Å². The van der Waals surface area contributed by atoms with E-state index in [1.54, 1.807) is 30.5 Å². The normalized spacial score (nSPS) is 10.9. The van der Waals surface area contributed by atoms with E-state index < -0.39 is 17.2 Å². The molecule has 0 aliphatic rings. The first-order valence-corrected chi connectivity index (χ1v) is 5.18. The van der Waals surface area contributed by atoms with E-state index in [-0.39, 0.29) is 0 Å². The van der Waals surface area contributed by atoms with E-state index in [0.717, 1.165) is 0 Å². The first-order valence-electron chi connectivity index (χ1n) is 5.18. The van der Waals surface area contributed by atoms with Crippen LogP contribution in [-0.4, -0.2) is 26.0 Å². The van der Waals surface area contributed by atoms with Crippen LogP contribution in [-0.2, 0) is 0 Å². The lowest BCUT2D eigenvalue weighted by atomic mass is 10.1. The minimum absolute atomic E-state index is 0.428. The summed E-state index contributed by atoms with van der Waals surface area (Å²) in [6.45, 7) is 0. The third-order valence-electron chi connectivity index (χ3n) is 2.65. The molecule has 1 aromatic carbocycles. The van der Waals surface area contributed by atoms with Crippen LogP contribution in [0.15, 0.2) is 35.3 Å². The van der Waals surface area contributed by atoms with Crippen LogP contribution in [0.1, 0.15) is 10.5 Å². The molecule has 2 N–H and O–H groups in total. The van der Waals surface area contributed by atoms with Crippen LogP contribution in [0.5, 0.6) is 0 Å². The predicted octanol–water partition coefficient (Wildman–Crippen LogP) is 1.17. The van der Waals surface area contributed by atoms with Gasteiger partial charge in [0.15, 0.2) is 0 Å². The zero-order valence-corrected chi connectivity index (χ0v) is 9.04. The summed E-state index contributed by atoms with van der Waals surface area (Å²) >= 11 is 0. The minimum Gasteiger partial charge on any atom is -0.476 e. The number of benzene rings is 1. The van der Waals surface area contributed by atoms with Gasteiger partial charge >= 0.3 is 5.97 Å². The summed E-state index contributed by atoms with van der Waals surface area (Å²) in [6.07, 6.45) is 1.64. The summed E-state index contributed by atoms with van der Waals surface area (Å²) in [4.78, 5) is 33.0. The molecule has 2 heterocycles. The van der Waals surface area contributed by atoms with Crippen LogP contribution in [0.25, 0.3) is 21.9 Å². The van der Waals surface area contributed by atoms with Gasteiger partial charge < -0.3 is 10.1 Å². The van der Waals surface area contributed by atoms with Gasteiger partial charge in [0.2, 0.25) is 5.69 Å². The highest BCUT2D eigenvalue weighted by Crippen LogP contribution is 2.19. The van der Waals surface area contributed by atoms with Gasteiger partial charge in [0.05, 0.1) is 16.6 Å². The summed E-state index contributed by atoms with van der Waals surface area (Å²) in [7, 11) is 0. The standard InChI is InChI=1S/C12H7N3O3/c16-11-10(12(17)18)15-9-6-2-1-5-13-7(6)3-4-8(9)14-11/h1-5H,(H,14,16)(H,17,18). The molecule has 0 unspecified atom stereocenters. The van der Waals surface area contributed by atoms with E-state index in [0.29, 0.717) is 21.9 Å². The zero-order valence-electron chi connectivity index (χ0n) is 9.04. The smallest absolute Gasteiger partial charge is 0.360 e. The lowest BCUT2D eigenvalue weighted by molar-refractivity contribution is 0.0689. The highest BCUT2D eigenvalue weighted by molar-refractivity contribution is 6.03. The molecule has 0 aliphatic carbocycles. The van der Waals surface area contributed by atoms with E-state index in [4.69, 9.17) is 5.11 Å². The zero-order chi connectivity index (χ0) is 12.7. The molecule has 0 bridgehead atoms. The number of aromatic amines is 1. The number of carbonyl (C=O) groups is 1. The largest absolute Gasteiger partial charge is 0.476 e. The molecule has 2 aromatic heterocycles. The Hall–Kier alpha value is -2.76. The maximum Gasteiger partial charge on any atom is 0.360 e. The molecule has 0 spiro atoms. The molecule has 0 fully saturated rings. The van der Waals surface area contributed by atoms with Crippen LogP contribution in [0.3, 0.4) is 0 Å². The van der Waals surface area contributed by atoms with Gasteiger partial charge in [0, 0.05) is 11.6 Å². The van der Waals surface area contributed by atoms with Gasteiger partial charge in [-0.3, -0.25) is 9.78 Å². The number of carboxylic acids is 1. The number of fused-ring (bicyclic) bond motifs is 3.